The Morgan fingerprint density at radius 1 is 1.50 bits per heavy atom. The van der Waals surface area contributed by atoms with Crippen molar-refractivity contribution in [1.82, 2.24) is 0 Å². The molecule has 0 saturated heterocycles. The molecule has 1 aromatic carbocycles. The summed E-state index contributed by atoms with van der Waals surface area (Å²) in [6.45, 7) is 0.738. The van der Waals surface area contributed by atoms with E-state index in [1.54, 1.807) is 12.1 Å². The Morgan fingerprint density at radius 2 is 2.25 bits per heavy atom. The molecule has 0 spiro atoms. The molecule has 0 aliphatic carbocycles. The van der Waals surface area contributed by atoms with Crippen molar-refractivity contribution in [3.63, 3.8) is 0 Å². The first-order valence-corrected chi connectivity index (χ1v) is 3.94. The fourth-order valence-corrected chi connectivity index (χ4v) is 1.03. The third-order valence-electron chi connectivity index (χ3n) is 1.31. The zero-order valence-corrected chi connectivity index (χ0v) is 7.21. The van der Waals surface area contributed by atoms with Gasteiger partial charge in [-0.2, -0.15) is 0 Å². The lowest BCUT2D eigenvalue weighted by Crippen LogP contribution is -2.10. The molecule has 4 heteroatoms. The van der Waals surface area contributed by atoms with Crippen LogP contribution in [0.1, 0.15) is 0 Å². The lowest BCUT2D eigenvalue weighted by atomic mass is 10.3. The monoisotopic (exact) mass is 187 g/mol. The number of benzene rings is 1. The Bertz CT molecular complexity index is 245. The Kier molecular flexibility index (Phi) is 3.19. The summed E-state index contributed by atoms with van der Waals surface area (Å²) < 4.78 is 5.11. The van der Waals surface area contributed by atoms with Crippen LogP contribution in [-0.2, 0) is 0 Å². The number of phenolic OH excluding ortho intramolecular Hbond substituents is 1. The number of hydrogen-bond acceptors (Lipinski definition) is 3. The number of aromatic hydroxyl groups is 1. The maximum absolute atomic E-state index is 9.27. The van der Waals surface area contributed by atoms with Crippen molar-refractivity contribution in [3.05, 3.63) is 23.2 Å². The maximum atomic E-state index is 9.27. The van der Waals surface area contributed by atoms with E-state index in [0.29, 0.717) is 23.9 Å². The second-order valence-electron chi connectivity index (χ2n) is 2.23. The van der Waals surface area contributed by atoms with Gasteiger partial charge in [0.1, 0.15) is 6.61 Å². The van der Waals surface area contributed by atoms with Gasteiger partial charge in [0.15, 0.2) is 11.5 Å². The van der Waals surface area contributed by atoms with Crippen LogP contribution in [-0.4, -0.2) is 18.3 Å². The van der Waals surface area contributed by atoms with Gasteiger partial charge in [-0.3, -0.25) is 0 Å². The minimum absolute atomic E-state index is 0.0379. The highest BCUT2D eigenvalue weighted by molar-refractivity contribution is 6.32. The van der Waals surface area contributed by atoms with Crippen LogP contribution in [0.4, 0.5) is 0 Å². The van der Waals surface area contributed by atoms with Gasteiger partial charge >= 0.3 is 0 Å². The molecule has 0 aliphatic rings. The summed E-state index contributed by atoms with van der Waals surface area (Å²) in [4.78, 5) is 0. The van der Waals surface area contributed by atoms with Gasteiger partial charge in [-0.05, 0) is 12.1 Å². The van der Waals surface area contributed by atoms with Crippen molar-refractivity contribution in [2.24, 2.45) is 5.73 Å². The van der Waals surface area contributed by atoms with Crippen LogP contribution in [0.2, 0.25) is 5.02 Å². The van der Waals surface area contributed by atoms with Gasteiger partial charge in [0.2, 0.25) is 0 Å². The molecule has 0 unspecified atom stereocenters. The van der Waals surface area contributed by atoms with E-state index in [-0.39, 0.29) is 5.75 Å². The second kappa shape index (κ2) is 4.18. The topological polar surface area (TPSA) is 55.5 Å². The van der Waals surface area contributed by atoms with Crippen molar-refractivity contribution < 1.29 is 9.84 Å². The number of halogens is 1. The maximum Gasteiger partial charge on any atom is 0.179 e. The van der Waals surface area contributed by atoms with E-state index in [1.165, 1.54) is 6.07 Å². The van der Waals surface area contributed by atoms with Crippen LogP contribution in [0.25, 0.3) is 0 Å². The molecule has 3 nitrogen and oxygen atoms in total. The normalized spacial score (nSPS) is 9.83. The molecular weight excluding hydrogens is 178 g/mol. The molecule has 0 amide bonds. The third kappa shape index (κ3) is 2.03. The Hall–Kier alpha value is -0.930. The predicted octanol–water partition coefficient (Wildman–Crippen LogP) is 1.38. The molecule has 12 heavy (non-hydrogen) atoms. The van der Waals surface area contributed by atoms with Crippen molar-refractivity contribution in [1.29, 1.82) is 0 Å². The standard InChI is InChI=1S/C8H10ClNO2/c9-6-2-1-3-7(11)8(6)12-5-4-10/h1-3,11H,4-5,10H2. The molecule has 0 saturated carbocycles. The van der Waals surface area contributed by atoms with Crippen LogP contribution < -0.4 is 10.5 Å². The molecule has 0 heterocycles. The first-order chi connectivity index (χ1) is 5.75. The van der Waals surface area contributed by atoms with Crippen molar-refractivity contribution in [3.8, 4) is 11.5 Å². The Balaban J connectivity index is 2.81. The number of nitrogens with two attached hydrogens (primary N) is 1. The summed E-state index contributed by atoms with van der Waals surface area (Å²) >= 11 is 5.74. The van der Waals surface area contributed by atoms with E-state index in [1.807, 2.05) is 0 Å². The van der Waals surface area contributed by atoms with Gasteiger partial charge in [0.05, 0.1) is 5.02 Å². The molecule has 1 rings (SSSR count). The zero-order valence-electron chi connectivity index (χ0n) is 6.46. The minimum Gasteiger partial charge on any atom is -0.504 e. The summed E-state index contributed by atoms with van der Waals surface area (Å²) in [6, 6.07) is 4.80. The van der Waals surface area contributed by atoms with E-state index in [2.05, 4.69) is 0 Å². The Labute approximate surface area is 75.7 Å². The second-order valence-corrected chi connectivity index (χ2v) is 2.63. The van der Waals surface area contributed by atoms with Crippen LogP contribution in [0.5, 0.6) is 11.5 Å². The quantitative estimate of drug-likeness (QED) is 0.752. The molecule has 0 radical (unpaired) electrons. The fraction of sp³-hybridized carbons (Fsp3) is 0.250. The number of hydrogen-bond donors (Lipinski definition) is 2. The van der Waals surface area contributed by atoms with E-state index >= 15 is 0 Å². The smallest absolute Gasteiger partial charge is 0.179 e. The highest BCUT2D eigenvalue weighted by Gasteiger charge is 2.05. The van der Waals surface area contributed by atoms with Gasteiger partial charge in [0.25, 0.3) is 0 Å². The van der Waals surface area contributed by atoms with E-state index in [4.69, 9.17) is 22.1 Å². The first-order valence-electron chi connectivity index (χ1n) is 3.56. The van der Waals surface area contributed by atoms with Gasteiger partial charge in [-0.1, -0.05) is 17.7 Å². The molecule has 0 atom stereocenters. The van der Waals surface area contributed by atoms with E-state index < -0.39 is 0 Å². The number of para-hydroxylation sites is 1. The van der Waals surface area contributed by atoms with Crippen molar-refractivity contribution in [2.75, 3.05) is 13.2 Å². The largest absolute Gasteiger partial charge is 0.504 e. The molecule has 66 valence electrons. The first kappa shape index (κ1) is 9.16. The van der Waals surface area contributed by atoms with Crippen molar-refractivity contribution >= 4 is 11.6 Å². The van der Waals surface area contributed by atoms with E-state index in [0.717, 1.165) is 0 Å². The van der Waals surface area contributed by atoms with Crippen molar-refractivity contribution in [2.45, 2.75) is 0 Å². The summed E-state index contributed by atoms with van der Waals surface area (Å²) in [6.07, 6.45) is 0. The zero-order chi connectivity index (χ0) is 8.97. The molecular formula is C8H10ClNO2. The number of ether oxygens (including phenoxy) is 1. The summed E-state index contributed by atoms with van der Waals surface area (Å²) in [5.74, 6) is 0.334. The Morgan fingerprint density at radius 3 is 2.83 bits per heavy atom. The van der Waals surface area contributed by atoms with Gasteiger partial charge in [0, 0.05) is 6.54 Å². The van der Waals surface area contributed by atoms with Gasteiger partial charge in [-0.15, -0.1) is 0 Å². The minimum atomic E-state index is 0.0379. The molecule has 0 aromatic heterocycles. The highest BCUT2D eigenvalue weighted by Crippen LogP contribution is 2.33. The van der Waals surface area contributed by atoms with E-state index in [9.17, 15) is 5.11 Å². The molecule has 0 fully saturated rings. The fourth-order valence-electron chi connectivity index (χ4n) is 0.801. The van der Waals surface area contributed by atoms with Crippen LogP contribution in [0.15, 0.2) is 18.2 Å². The van der Waals surface area contributed by atoms with Crippen LogP contribution in [0.3, 0.4) is 0 Å². The SMILES string of the molecule is NCCOc1c(O)cccc1Cl. The molecule has 1 aromatic rings. The predicted molar refractivity (Wildman–Crippen MR) is 47.7 cm³/mol. The van der Waals surface area contributed by atoms with Crippen LogP contribution in [0, 0.1) is 0 Å². The van der Waals surface area contributed by atoms with Gasteiger partial charge < -0.3 is 15.6 Å². The molecule has 0 aliphatic heterocycles. The highest BCUT2D eigenvalue weighted by atomic mass is 35.5. The summed E-state index contributed by atoms with van der Waals surface area (Å²) in [7, 11) is 0. The number of phenols is 1. The average molecular weight is 188 g/mol. The third-order valence-corrected chi connectivity index (χ3v) is 1.61. The molecule has 3 N–H and O–H groups in total. The summed E-state index contributed by atoms with van der Waals surface area (Å²) in [5.41, 5.74) is 5.23. The van der Waals surface area contributed by atoms with Gasteiger partial charge in [-0.25, -0.2) is 0 Å². The number of rotatable bonds is 3. The van der Waals surface area contributed by atoms with Crippen LogP contribution >= 0.6 is 11.6 Å². The lowest BCUT2D eigenvalue weighted by Gasteiger charge is -2.07. The summed E-state index contributed by atoms with van der Waals surface area (Å²) in [5, 5.41) is 9.66. The average Bonchev–Trinajstić information content (AvgIpc) is 2.04. The molecule has 0 bridgehead atoms. The lowest BCUT2D eigenvalue weighted by molar-refractivity contribution is 0.309.